The Morgan fingerprint density at radius 3 is 2.85 bits per heavy atom. The van der Waals surface area contributed by atoms with E-state index < -0.39 is 0 Å². The Hall–Kier alpha value is -1.79. The highest BCUT2D eigenvalue weighted by atomic mass is 16.5. The normalized spacial score (nSPS) is 18.2. The average Bonchev–Trinajstić information content (AvgIpc) is 3.05. The van der Waals surface area contributed by atoms with Crippen LogP contribution in [0.1, 0.15) is 24.0 Å². The molecule has 0 radical (unpaired) electrons. The highest BCUT2D eigenvalue weighted by Gasteiger charge is 2.19. The van der Waals surface area contributed by atoms with Gasteiger partial charge in [0.2, 0.25) is 0 Å². The van der Waals surface area contributed by atoms with E-state index in [1.807, 2.05) is 7.05 Å². The molecule has 2 rings (SSSR count). The number of nitrogens with zero attached hydrogens (tertiary/aromatic N) is 2. The van der Waals surface area contributed by atoms with Crippen LogP contribution in [0, 0.1) is 12.8 Å². The largest absolute Gasteiger partial charge is 0.493 e. The fourth-order valence-electron chi connectivity index (χ4n) is 3.16. The summed E-state index contributed by atoms with van der Waals surface area (Å²) in [7, 11) is 5.70. The van der Waals surface area contributed by atoms with Gasteiger partial charge in [-0.25, -0.2) is 0 Å². The molecule has 26 heavy (non-hydrogen) atoms. The van der Waals surface area contributed by atoms with E-state index in [0.717, 1.165) is 36.8 Å². The van der Waals surface area contributed by atoms with Crippen molar-refractivity contribution < 1.29 is 9.47 Å². The Morgan fingerprint density at radius 1 is 1.31 bits per heavy atom. The van der Waals surface area contributed by atoms with Gasteiger partial charge in [-0.2, -0.15) is 0 Å². The maximum atomic E-state index is 5.95. The summed E-state index contributed by atoms with van der Waals surface area (Å²) in [6, 6.07) is 6.32. The first-order valence-corrected chi connectivity index (χ1v) is 9.46. The summed E-state index contributed by atoms with van der Waals surface area (Å²) in [5, 5.41) is 6.85. The third-order valence-corrected chi connectivity index (χ3v) is 4.69. The van der Waals surface area contributed by atoms with Crippen molar-refractivity contribution in [2.45, 2.75) is 26.3 Å². The van der Waals surface area contributed by atoms with E-state index in [4.69, 9.17) is 9.47 Å². The fraction of sp³-hybridized carbons (Fsp3) is 0.650. The number of aliphatic imine (C=N–C) groups is 1. The number of likely N-dealkylation sites (tertiary alicyclic amines) is 1. The molecule has 1 unspecified atom stereocenters. The van der Waals surface area contributed by atoms with E-state index in [-0.39, 0.29) is 0 Å². The SMILES string of the molecule is CN=C(NCc1ccc(C)cc1OCCCOC)NCC1CCN(C)C1. The van der Waals surface area contributed by atoms with Crippen molar-refractivity contribution in [3.8, 4) is 5.75 Å². The highest BCUT2D eigenvalue weighted by molar-refractivity contribution is 5.79. The molecule has 1 aliphatic heterocycles. The van der Waals surface area contributed by atoms with Crippen molar-refractivity contribution in [2.75, 3.05) is 54.1 Å². The van der Waals surface area contributed by atoms with Crippen LogP contribution in [-0.2, 0) is 11.3 Å². The number of methoxy groups -OCH3 is 1. The monoisotopic (exact) mass is 362 g/mol. The van der Waals surface area contributed by atoms with E-state index in [1.165, 1.54) is 18.5 Å². The van der Waals surface area contributed by atoms with E-state index in [9.17, 15) is 0 Å². The molecule has 6 heteroatoms. The number of ether oxygens (including phenoxy) is 2. The molecule has 1 saturated heterocycles. The number of benzene rings is 1. The molecule has 146 valence electrons. The van der Waals surface area contributed by atoms with Gasteiger partial charge in [0.1, 0.15) is 5.75 Å². The average molecular weight is 363 g/mol. The van der Waals surface area contributed by atoms with Crippen LogP contribution < -0.4 is 15.4 Å². The van der Waals surface area contributed by atoms with Gasteiger partial charge in [-0.1, -0.05) is 12.1 Å². The Kier molecular flexibility index (Phi) is 8.71. The summed E-state index contributed by atoms with van der Waals surface area (Å²) in [6.45, 7) is 7.44. The van der Waals surface area contributed by atoms with Crippen LogP contribution in [-0.4, -0.2) is 64.9 Å². The molecule has 6 nitrogen and oxygen atoms in total. The molecule has 1 fully saturated rings. The summed E-state index contributed by atoms with van der Waals surface area (Å²) in [5.74, 6) is 2.46. The van der Waals surface area contributed by atoms with Gasteiger partial charge in [0.05, 0.1) is 6.61 Å². The number of nitrogens with one attached hydrogen (secondary N) is 2. The maximum Gasteiger partial charge on any atom is 0.191 e. The lowest BCUT2D eigenvalue weighted by Gasteiger charge is -2.17. The minimum Gasteiger partial charge on any atom is -0.493 e. The molecule has 1 aromatic rings. The van der Waals surface area contributed by atoms with Gasteiger partial charge >= 0.3 is 0 Å². The Labute approximate surface area is 158 Å². The molecule has 2 N–H and O–H groups in total. The molecule has 0 spiro atoms. The lowest BCUT2D eigenvalue weighted by molar-refractivity contribution is 0.171. The van der Waals surface area contributed by atoms with Crippen molar-refractivity contribution in [3.05, 3.63) is 29.3 Å². The molecule has 0 aromatic heterocycles. The summed E-state index contributed by atoms with van der Waals surface area (Å²) in [6.07, 6.45) is 2.13. The smallest absolute Gasteiger partial charge is 0.191 e. The minimum atomic E-state index is 0.659. The number of aryl methyl sites for hydroxylation is 1. The summed E-state index contributed by atoms with van der Waals surface area (Å²) < 4.78 is 11.0. The van der Waals surface area contributed by atoms with Crippen LogP contribution in [0.3, 0.4) is 0 Å². The lowest BCUT2D eigenvalue weighted by Crippen LogP contribution is -2.39. The quantitative estimate of drug-likeness (QED) is 0.400. The lowest BCUT2D eigenvalue weighted by atomic mass is 10.1. The summed E-state index contributed by atoms with van der Waals surface area (Å²) in [4.78, 5) is 6.72. The third kappa shape index (κ3) is 6.84. The zero-order chi connectivity index (χ0) is 18.8. The second kappa shape index (κ2) is 11.0. The summed E-state index contributed by atoms with van der Waals surface area (Å²) >= 11 is 0. The molecule has 0 aliphatic carbocycles. The van der Waals surface area contributed by atoms with E-state index in [1.54, 1.807) is 7.11 Å². The van der Waals surface area contributed by atoms with Crippen LogP contribution in [0.25, 0.3) is 0 Å². The molecular formula is C20H34N4O2. The second-order valence-corrected chi connectivity index (χ2v) is 7.03. The van der Waals surface area contributed by atoms with E-state index >= 15 is 0 Å². The Morgan fingerprint density at radius 2 is 2.15 bits per heavy atom. The van der Waals surface area contributed by atoms with Gasteiger partial charge in [-0.05, 0) is 44.5 Å². The standard InChI is InChI=1S/C20H34N4O2/c1-16-6-7-18(19(12-16)26-11-5-10-25-4)14-23-20(21-2)22-13-17-8-9-24(3)15-17/h6-7,12,17H,5,8-11,13-15H2,1-4H3,(H2,21,22,23). The zero-order valence-corrected chi connectivity index (χ0v) is 16.7. The van der Waals surface area contributed by atoms with Crippen LogP contribution in [0.4, 0.5) is 0 Å². The van der Waals surface area contributed by atoms with Crippen molar-refractivity contribution in [1.29, 1.82) is 0 Å². The van der Waals surface area contributed by atoms with Gasteiger partial charge in [-0.3, -0.25) is 4.99 Å². The first kappa shape index (κ1) is 20.5. The molecule has 1 heterocycles. The van der Waals surface area contributed by atoms with E-state index in [2.05, 4.69) is 52.7 Å². The van der Waals surface area contributed by atoms with Crippen LogP contribution in [0.2, 0.25) is 0 Å². The third-order valence-electron chi connectivity index (χ3n) is 4.69. The van der Waals surface area contributed by atoms with Gasteiger partial charge in [0, 0.05) is 52.4 Å². The minimum absolute atomic E-state index is 0.659. The van der Waals surface area contributed by atoms with Gasteiger partial charge in [0.25, 0.3) is 0 Å². The fourth-order valence-corrected chi connectivity index (χ4v) is 3.16. The molecule has 0 bridgehead atoms. The zero-order valence-electron chi connectivity index (χ0n) is 16.7. The first-order valence-electron chi connectivity index (χ1n) is 9.46. The van der Waals surface area contributed by atoms with Crippen molar-refractivity contribution in [3.63, 3.8) is 0 Å². The Bertz CT molecular complexity index is 577. The number of hydrogen-bond donors (Lipinski definition) is 2. The molecule has 0 saturated carbocycles. The predicted octanol–water partition coefficient (Wildman–Crippen LogP) is 2.03. The van der Waals surface area contributed by atoms with Crippen molar-refractivity contribution in [1.82, 2.24) is 15.5 Å². The van der Waals surface area contributed by atoms with Crippen molar-refractivity contribution in [2.24, 2.45) is 10.9 Å². The van der Waals surface area contributed by atoms with Crippen LogP contribution >= 0.6 is 0 Å². The highest BCUT2D eigenvalue weighted by Crippen LogP contribution is 2.20. The molecule has 1 atom stereocenters. The van der Waals surface area contributed by atoms with Gasteiger partial charge in [0.15, 0.2) is 5.96 Å². The maximum absolute atomic E-state index is 5.95. The molecule has 1 aliphatic rings. The molecule has 1 aromatic carbocycles. The predicted molar refractivity (Wildman–Crippen MR) is 107 cm³/mol. The van der Waals surface area contributed by atoms with Crippen LogP contribution in [0.15, 0.2) is 23.2 Å². The van der Waals surface area contributed by atoms with Gasteiger partial charge < -0.3 is 25.0 Å². The topological polar surface area (TPSA) is 58.1 Å². The number of guanidine groups is 1. The molecular weight excluding hydrogens is 328 g/mol. The molecule has 0 amide bonds. The van der Waals surface area contributed by atoms with Gasteiger partial charge in [-0.15, -0.1) is 0 Å². The van der Waals surface area contributed by atoms with E-state index in [0.29, 0.717) is 25.7 Å². The van der Waals surface area contributed by atoms with Crippen LogP contribution in [0.5, 0.6) is 5.75 Å². The number of hydrogen-bond acceptors (Lipinski definition) is 4. The number of rotatable bonds is 9. The Balaban J connectivity index is 1.84. The first-order chi connectivity index (χ1) is 12.6. The summed E-state index contributed by atoms with van der Waals surface area (Å²) in [5.41, 5.74) is 2.33. The second-order valence-electron chi connectivity index (χ2n) is 7.03. The van der Waals surface area contributed by atoms with Crippen molar-refractivity contribution >= 4 is 5.96 Å².